The van der Waals surface area contributed by atoms with E-state index in [-0.39, 0.29) is 5.91 Å². The van der Waals surface area contributed by atoms with Crippen LogP contribution in [0.4, 0.5) is 0 Å². The highest BCUT2D eigenvalue weighted by Crippen LogP contribution is 2.26. The van der Waals surface area contributed by atoms with Gasteiger partial charge in [0.15, 0.2) is 0 Å². The van der Waals surface area contributed by atoms with Gasteiger partial charge in [0.25, 0.3) is 0 Å². The molecule has 0 aromatic heterocycles. The summed E-state index contributed by atoms with van der Waals surface area (Å²) in [4.78, 5) is 12.7. The number of aliphatic hydroxyl groups is 1. The van der Waals surface area contributed by atoms with Crippen LogP contribution in [0.2, 0.25) is 5.02 Å². The van der Waals surface area contributed by atoms with Gasteiger partial charge in [-0.1, -0.05) is 23.7 Å². The lowest BCUT2D eigenvalue weighted by Crippen LogP contribution is -2.51. The zero-order valence-corrected chi connectivity index (χ0v) is 13.0. The summed E-state index contributed by atoms with van der Waals surface area (Å²) < 4.78 is 0. The van der Waals surface area contributed by atoms with Gasteiger partial charge in [-0.25, -0.2) is 0 Å². The van der Waals surface area contributed by atoms with Crippen molar-refractivity contribution in [1.29, 1.82) is 0 Å². The molecule has 0 saturated carbocycles. The molecule has 5 heteroatoms. The molecule has 106 valence electrons. The Morgan fingerprint density at radius 3 is 2.68 bits per heavy atom. The molecule has 1 aromatic rings. The number of carbonyl (C=O) groups is 1. The van der Waals surface area contributed by atoms with E-state index in [2.05, 4.69) is 5.32 Å². The van der Waals surface area contributed by atoms with Gasteiger partial charge in [0, 0.05) is 17.1 Å². The van der Waals surface area contributed by atoms with Gasteiger partial charge in [-0.3, -0.25) is 4.79 Å². The van der Waals surface area contributed by atoms with Crippen LogP contribution in [0.15, 0.2) is 29.2 Å². The van der Waals surface area contributed by atoms with Crippen molar-refractivity contribution in [3.8, 4) is 0 Å². The molecule has 0 aliphatic rings. The third-order valence-corrected chi connectivity index (χ3v) is 4.45. The van der Waals surface area contributed by atoms with Crippen molar-refractivity contribution in [1.82, 2.24) is 5.32 Å². The van der Waals surface area contributed by atoms with Crippen molar-refractivity contribution >= 4 is 29.3 Å². The van der Waals surface area contributed by atoms with E-state index >= 15 is 0 Å². The Labute approximate surface area is 123 Å². The number of nitrogens with one attached hydrogen (secondary N) is 1. The summed E-state index contributed by atoms with van der Waals surface area (Å²) in [6.07, 6.45) is -0.195. The maximum Gasteiger partial charge on any atom is 0.221 e. The molecule has 0 aliphatic carbocycles. The van der Waals surface area contributed by atoms with Gasteiger partial charge < -0.3 is 10.4 Å². The van der Waals surface area contributed by atoms with Crippen LogP contribution in [-0.2, 0) is 4.79 Å². The van der Waals surface area contributed by atoms with Gasteiger partial charge in [0.05, 0.1) is 16.7 Å². The SMILES string of the molecule is CC(O)C(C)(C)NC(=O)CCSc1ccccc1Cl. The fourth-order valence-electron chi connectivity index (χ4n) is 1.34. The normalized spacial score (nSPS) is 13.1. The highest BCUT2D eigenvalue weighted by atomic mass is 35.5. The third kappa shape index (κ3) is 5.43. The first-order valence-corrected chi connectivity index (χ1v) is 7.55. The minimum Gasteiger partial charge on any atom is -0.391 e. The molecule has 0 fully saturated rings. The Kier molecular flexibility index (Phi) is 6.17. The molecule has 0 bridgehead atoms. The highest BCUT2D eigenvalue weighted by molar-refractivity contribution is 7.99. The number of amides is 1. The first-order valence-electron chi connectivity index (χ1n) is 6.19. The van der Waals surface area contributed by atoms with E-state index < -0.39 is 11.6 Å². The summed E-state index contributed by atoms with van der Waals surface area (Å²) in [5.74, 6) is 0.594. The number of hydrogen-bond donors (Lipinski definition) is 2. The molecule has 0 radical (unpaired) electrons. The maximum atomic E-state index is 11.8. The Morgan fingerprint density at radius 2 is 2.11 bits per heavy atom. The van der Waals surface area contributed by atoms with Crippen LogP contribution in [0.3, 0.4) is 0 Å². The molecule has 0 aliphatic heterocycles. The Bertz CT molecular complexity index is 435. The van der Waals surface area contributed by atoms with Crippen molar-refractivity contribution in [3.05, 3.63) is 29.3 Å². The number of hydrogen-bond acceptors (Lipinski definition) is 3. The first kappa shape index (κ1) is 16.3. The predicted octanol–water partition coefficient (Wildman–Crippen LogP) is 3.10. The molecule has 3 nitrogen and oxygen atoms in total. The molecule has 19 heavy (non-hydrogen) atoms. The topological polar surface area (TPSA) is 49.3 Å². The average Bonchev–Trinajstić information content (AvgIpc) is 2.30. The van der Waals surface area contributed by atoms with Crippen LogP contribution in [0, 0.1) is 0 Å². The molecular formula is C14H20ClNO2S. The maximum absolute atomic E-state index is 11.8. The van der Waals surface area contributed by atoms with Gasteiger partial charge in [-0.05, 0) is 32.9 Å². The second kappa shape index (κ2) is 7.17. The second-order valence-corrected chi connectivity index (χ2v) is 6.52. The zero-order valence-electron chi connectivity index (χ0n) is 11.4. The van der Waals surface area contributed by atoms with Crippen LogP contribution in [0.25, 0.3) is 0 Å². The van der Waals surface area contributed by atoms with Crippen LogP contribution < -0.4 is 5.32 Å². The Balaban J connectivity index is 2.38. The molecule has 0 saturated heterocycles. The van der Waals surface area contributed by atoms with E-state index in [4.69, 9.17) is 11.6 Å². The van der Waals surface area contributed by atoms with Gasteiger partial charge in [0.1, 0.15) is 0 Å². The second-order valence-electron chi connectivity index (χ2n) is 4.97. The minimum absolute atomic E-state index is 0.0644. The van der Waals surface area contributed by atoms with Crippen molar-refractivity contribution < 1.29 is 9.90 Å². The van der Waals surface area contributed by atoms with Crippen LogP contribution in [0.5, 0.6) is 0 Å². The molecule has 1 atom stereocenters. The lowest BCUT2D eigenvalue weighted by atomic mass is 9.99. The molecule has 1 unspecified atom stereocenters. The highest BCUT2D eigenvalue weighted by Gasteiger charge is 2.25. The Hall–Kier alpha value is -0.710. The van der Waals surface area contributed by atoms with E-state index in [1.807, 2.05) is 24.3 Å². The molecule has 1 rings (SSSR count). The average molecular weight is 302 g/mol. The van der Waals surface area contributed by atoms with Crippen molar-refractivity contribution in [2.24, 2.45) is 0 Å². The van der Waals surface area contributed by atoms with Gasteiger partial charge in [-0.15, -0.1) is 11.8 Å². The number of halogens is 1. The quantitative estimate of drug-likeness (QED) is 0.794. The van der Waals surface area contributed by atoms with E-state index in [0.717, 1.165) is 4.90 Å². The predicted molar refractivity (Wildman–Crippen MR) is 80.7 cm³/mol. The first-order chi connectivity index (χ1) is 8.83. The monoisotopic (exact) mass is 301 g/mol. The molecule has 0 spiro atoms. The molecule has 1 amide bonds. The lowest BCUT2D eigenvalue weighted by Gasteiger charge is -2.29. The van der Waals surface area contributed by atoms with Crippen molar-refractivity contribution in [2.45, 2.75) is 43.7 Å². The third-order valence-electron chi connectivity index (χ3n) is 2.93. The molecule has 1 aromatic carbocycles. The van der Waals surface area contributed by atoms with Crippen LogP contribution >= 0.6 is 23.4 Å². The van der Waals surface area contributed by atoms with Crippen molar-refractivity contribution in [3.63, 3.8) is 0 Å². The summed E-state index contributed by atoms with van der Waals surface area (Å²) in [5, 5.41) is 13.1. The molecule has 0 heterocycles. The summed E-state index contributed by atoms with van der Waals surface area (Å²) in [7, 11) is 0. The Morgan fingerprint density at radius 1 is 1.47 bits per heavy atom. The summed E-state index contributed by atoms with van der Waals surface area (Å²) in [5.41, 5.74) is -0.605. The zero-order chi connectivity index (χ0) is 14.5. The minimum atomic E-state index is -0.605. The van der Waals surface area contributed by atoms with Gasteiger partial charge in [-0.2, -0.15) is 0 Å². The van der Waals surface area contributed by atoms with E-state index in [1.165, 1.54) is 0 Å². The number of aliphatic hydroxyl groups excluding tert-OH is 1. The fraction of sp³-hybridized carbons (Fsp3) is 0.500. The van der Waals surface area contributed by atoms with Crippen LogP contribution in [0.1, 0.15) is 27.2 Å². The standard InChI is InChI=1S/C14H20ClNO2S/c1-10(17)14(2,3)16-13(18)8-9-19-12-7-5-4-6-11(12)15/h4-7,10,17H,8-9H2,1-3H3,(H,16,18). The number of rotatable bonds is 6. The van der Waals surface area contributed by atoms with E-state index in [9.17, 15) is 9.90 Å². The molecule has 2 N–H and O–H groups in total. The molecular weight excluding hydrogens is 282 g/mol. The van der Waals surface area contributed by atoms with E-state index in [1.54, 1.807) is 32.5 Å². The summed E-state index contributed by atoms with van der Waals surface area (Å²) in [6, 6.07) is 7.57. The number of thioether (sulfide) groups is 1. The smallest absolute Gasteiger partial charge is 0.221 e. The summed E-state index contributed by atoms with van der Waals surface area (Å²) >= 11 is 7.59. The number of benzene rings is 1. The van der Waals surface area contributed by atoms with Gasteiger partial charge in [0.2, 0.25) is 5.91 Å². The largest absolute Gasteiger partial charge is 0.391 e. The van der Waals surface area contributed by atoms with Crippen LogP contribution in [-0.4, -0.2) is 28.4 Å². The van der Waals surface area contributed by atoms with E-state index in [0.29, 0.717) is 17.2 Å². The lowest BCUT2D eigenvalue weighted by molar-refractivity contribution is -0.123. The van der Waals surface area contributed by atoms with Gasteiger partial charge >= 0.3 is 0 Å². The fourth-order valence-corrected chi connectivity index (χ4v) is 2.53. The van der Waals surface area contributed by atoms with Crippen molar-refractivity contribution in [2.75, 3.05) is 5.75 Å². The summed E-state index contributed by atoms with van der Waals surface area (Å²) in [6.45, 7) is 5.27. The number of carbonyl (C=O) groups excluding carboxylic acids is 1.